The van der Waals surface area contributed by atoms with Crippen LogP contribution in [0.5, 0.6) is 0 Å². The summed E-state index contributed by atoms with van der Waals surface area (Å²) in [6.45, 7) is 3.92. The van der Waals surface area contributed by atoms with Gasteiger partial charge in [-0.25, -0.2) is 0 Å². The normalized spacial score (nSPS) is 10.1. The van der Waals surface area contributed by atoms with Crippen molar-refractivity contribution in [3.63, 3.8) is 0 Å². The molecule has 6 nitrogen and oxygen atoms in total. The predicted octanol–water partition coefficient (Wildman–Crippen LogP) is 3.03. The summed E-state index contributed by atoms with van der Waals surface area (Å²) >= 11 is 0. The average Bonchev–Trinajstić information content (AvgIpc) is 2.65. The van der Waals surface area contributed by atoms with Crippen molar-refractivity contribution < 1.29 is 14.4 Å². The lowest BCUT2D eigenvalue weighted by Gasteiger charge is -2.12. The standard InChI is InChI=1S/C21H25N3O3/c1-3-19(25)23-17-10-9-15(2)18(14-17)24-20(26)11-12-22-21(27)13-16-7-5-4-6-8-16/h4-10,14H,3,11-13H2,1-2H3,(H,22,27)(H,23,25)(H,24,26). The van der Waals surface area contributed by atoms with Crippen LogP contribution in [-0.2, 0) is 20.8 Å². The molecule has 2 aromatic carbocycles. The Hall–Kier alpha value is -3.15. The molecule has 0 saturated carbocycles. The largest absolute Gasteiger partial charge is 0.355 e. The van der Waals surface area contributed by atoms with Crippen molar-refractivity contribution in [2.24, 2.45) is 0 Å². The Kier molecular flexibility index (Phi) is 7.55. The summed E-state index contributed by atoms with van der Waals surface area (Å²) < 4.78 is 0. The van der Waals surface area contributed by atoms with Gasteiger partial charge in [-0.3, -0.25) is 14.4 Å². The lowest BCUT2D eigenvalue weighted by Crippen LogP contribution is -2.29. The second-order valence-corrected chi connectivity index (χ2v) is 6.24. The number of amides is 3. The lowest BCUT2D eigenvalue weighted by atomic mass is 10.1. The number of nitrogens with one attached hydrogen (secondary N) is 3. The Balaban J connectivity index is 1.80. The van der Waals surface area contributed by atoms with Gasteiger partial charge < -0.3 is 16.0 Å². The second-order valence-electron chi connectivity index (χ2n) is 6.24. The first-order valence-electron chi connectivity index (χ1n) is 8.99. The van der Waals surface area contributed by atoms with Crippen molar-refractivity contribution in [2.45, 2.75) is 33.1 Å². The molecule has 3 N–H and O–H groups in total. The van der Waals surface area contributed by atoms with Gasteiger partial charge in [-0.15, -0.1) is 0 Å². The van der Waals surface area contributed by atoms with Crippen LogP contribution in [0, 0.1) is 6.92 Å². The Morgan fingerprint density at radius 2 is 1.63 bits per heavy atom. The van der Waals surface area contributed by atoms with E-state index >= 15 is 0 Å². The van der Waals surface area contributed by atoms with E-state index in [1.807, 2.05) is 43.3 Å². The van der Waals surface area contributed by atoms with Gasteiger partial charge in [-0.2, -0.15) is 0 Å². The molecule has 0 unspecified atom stereocenters. The molecule has 0 atom stereocenters. The predicted molar refractivity (Wildman–Crippen MR) is 107 cm³/mol. The highest BCUT2D eigenvalue weighted by Crippen LogP contribution is 2.20. The molecule has 0 bridgehead atoms. The molecule has 2 aromatic rings. The highest BCUT2D eigenvalue weighted by atomic mass is 16.2. The molecule has 6 heteroatoms. The smallest absolute Gasteiger partial charge is 0.226 e. The van der Waals surface area contributed by atoms with Crippen LogP contribution in [0.25, 0.3) is 0 Å². The fourth-order valence-electron chi connectivity index (χ4n) is 2.46. The molecule has 0 aromatic heterocycles. The summed E-state index contributed by atoms with van der Waals surface area (Å²) in [7, 11) is 0. The van der Waals surface area contributed by atoms with Gasteiger partial charge in [0.2, 0.25) is 17.7 Å². The maximum atomic E-state index is 12.1. The molecule has 0 aliphatic rings. The van der Waals surface area contributed by atoms with Crippen molar-refractivity contribution in [3.05, 3.63) is 59.7 Å². The minimum Gasteiger partial charge on any atom is -0.355 e. The Bertz CT molecular complexity index is 804. The molecular formula is C21H25N3O3. The van der Waals surface area contributed by atoms with E-state index in [1.165, 1.54) is 0 Å². The lowest BCUT2D eigenvalue weighted by molar-refractivity contribution is -0.120. The van der Waals surface area contributed by atoms with Gasteiger partial charge in [0.1, 0.15) is 0 Å². The minimum atomic E-state index is -0.197. The average molecular weight is 367 g/mol. The van der Waals surface area contributed by atoms with Crippen molar-refractivity contribution in [1.29, 1.82) is 0 Å². The van der Waals surface area contributed by atoms with Crippen LogP contribution in [0.4, 0.5) is 11.4 Å². The van der Waals surface area contributed by atoms with Crippen LogP contribution < -0.4 is 16.0 Å². The molecule has 0 aliphatic carbocycles. The van der Waals surface area contributed by atoms with Gasteiger partial charge in [0, 0.05) is 30.8 Å². The molecule has 142 valence electrons. The summed E-state index contributed by atoms with van der Waals surface area (Å²) in [6, 6.07) is 14.8. The maximum Gasteiger partial charge on any atom is 0.226 e. The molecule has 27 heavy (non-hydrogen) atoms. The quantitative estimate of drug-likeness (QED) is 0.670. The van der Waals surface area contributed by atoms with Crippen molar-refractivity contribution in [3.8, 4) is 0 Å². The van der Waals surface area contributed by atoms with Gasteiger partial charge >= 0.3 is 0 Å². The van der Waals surface area contributed by atoms with Gasteiger partial charge in [0.05, 0.1) is 6.42 Å². The van der Waals surface area contributed by atoms with Gasteiger partial charge in [-0.1, -0.05) is 43.3 Å². The van der Waals surface area contributed by atoms with E-state index in [0.29, 0.717) is 24.2 Å². The van der Waals surface area contributed by atoms with Crippen LogP contribution in [-0.4, -0.2) is 24.3 Å². The highest BCUT2D eigenvalue weighted by Gasteiger charge is 2.08. The number of benzene rings is 2. The molecule has 0 saturated heterocycles. The zero-order valence-corrected chi connectivity index (χ0v) is 15.7. The third-order valence-electron chi connectivity index (χ3n) is 4.00. The van der Waals surface area contributed by atoms with Crippen LogP contribution in [0.1, 0.15) is 30.9 Å². The van der Waals surface area contributed by atoms with E-state index in [0.717, 1.165) is 11.1 Å². The second kappa shape index (κ2) is 10.1. The summed E-state index contributed by atoms with van der Waals surface area (Å²) in [4.78, 5) is 35.5. The van der Waals surface area contributed by atoms with E-state index in [4.69, 9.17) is 0 Å². The van der Waals surface area contributed by atoms with E-state index in [-0.39, 0.29) is 30.7 Å². The first-order chi connectivity index (χ1) is 13.0. The summed E-state index contributed by atoms with van der Waals surface area (Å²) in [6.07, 6.45) is 0.852. The van der Waals surface area contributed by atoms with Crippen LogP contribution in [0.15, 0.2) is 48.5 Å². The zero-order chi connectivity index (χ0) is 19.6. The van der Waals surface area contributed by atoms with Gasteiger partial charge in [-0.05, 0) is 30.2 Å². The van der Waals surface area contributed by atoms with E-state index < -0.39 is 0 Å². The molecule has 0 aliphatic heterocycles. The van der Waals surface area contributed by atoms with Crippen molar-refractivity contribution in [2.75, 3.05) is 17.2 Å². The number of carbonyl (C=O) groups excluding carboxylic acids is 3. The van der Waals surface area contributed by atoms with Crippen LogP contribution in [0.3, 0.4) is 0 Å². The Morgan fingerprint density at radius 3 is 2.33 bits per heavy atom. The number of anilines is 2. The minimum absolute atomic E-state index is 0.0859. The topological polar surface area (TPSA) is 87.3 Å². The monoisotopic (exact) mass is 367 g/mol. The first-order valence-corrected chi connectivity index (χ1v) is 8.99. The molecule has 0 spiro atoms. The van der Waals surface area contributed by atoms with E-state index in [9.17, 15) is 14.4 Å². The molecule has 3 amide bonds. The third-order valence-corrected chi connectivity index (χ3v) is 4.00. The van der Waals surface area contributed by atoms with Crippen LogP contribution >= 0.6 is 0 Å². The van der Waals surface area contributed by atoms with Crippen molar-refractivity contribution >= 4 is 29.1 Å². The molecule has 0 radical (unpaired) electrons. The Morgan fingerprint density at radius 1 is 0.889 bits per heavy atom. The van der Waals surface area contributed by atoms with Crippen LogP contribution in [0.2, 0.25) is 0 Å². The number of carbonyl (C=O) groups is 3. The summed E-state index contributed by atoms with van der Waals surface area (Å²) in [5.41, 5.74) is 3.11. The third kappa shape index (κ3) is 6.93. The number of hydrogen-bond acceptors (Lipinski definition) is 3. The molecule has 0 heterocycles. The fourth-order valence-corrected chi connectivity index (χ4v) is 2.46. The molecular weight excluding hydrogens is 342 g/mol. The maximum absolute atomic E-state index is 12.1. The zero-order valence-electron chi connectivity index (χ0n) is 15.7. The van der Waals surface area contributed by atoms with Crippen molar-refractivity contribution in [1.82, 2.24) is 5.32 Å². The number of rotatable bonds is 8. The number of aryl methyl sites for hydroxylation is 1. The van der Waals surface area contributed by atoms with E-state index in [1.54, 1.807) is 19.1 Å². The molecule has 2 rings (SSSR count). The molecule has 0 fully saturated rings. The Labute approximate surface area is 159 Å². The van der Waals surface area contributed by atoms with E-state index in [2.05, 4.69) is 16.0 Å². The number of hydrogen-bond donors (Lipinski definition) is 3. The highest BCUT2D eigenvalue weighted by molar-refractivity contribution is 5.95. The summed E-state index contributed by atoms with van der Waals surface area (Å²) in [5, 5.41) is 8.34. The summed E-state index contributed by atoms with van der Waals surface area (Å²) in [5.74, 6) is -0.399. The fraction of sp³-hybridized carbons (Fsp3) is 0.286. The first kappa shape index (κ1) is 20.2. The SMILES string of the molecule is CCC(=O)Nc1ccc(C)c(NC(=O)CCNC(=O)Cc2ccccc2)c1. The van der Waals surface area contributed by atoms with Gasteiger partial charge in [0.15, 0.2) is 0 Å². The van der Waals surface area contributed by atoms with Gasteiger partial charge in [0.25, 0.3) is 0 Å².